The van der Waals surface area contributed by atoms with E-state index >= 15 is 0 Å². The van der Waals surface area contributed by atoms with Crippen LogP contribution in [0.1, 0.15) is 56.4 Å². The Labute approximate surface area is 170 Å². The van der Waals surface area contributed by atoms with Crippen molar-refractivity contribution in [2.45, 2.75) is 38.3 Å². The first-order chi connectivity index (χ1) is 14.0. The molecule has 0 radical (unpaired) electrons. The first-order valence-electron chi connectivity index (χ1n) is 10.1. The van der Waals surface area contributed by atoms with Crippen molar-refractivity contribution in [3.05, 3.63) is 70.8 Å². The van der Waals surface area contributed by atoms with Crippen molar-refractivity contribution in [1.29, 1.82) is 0 Å². The molecule has 2 atom stereocenters. The number of rotatable bonds is 5. The van der Waals surface area contributed by atoms with E-state index in [1.807, 2.05) is 30.3 Å². The van der Waals surface area contributed by atoms with Gasteiger partial charge >= 0.3 is 0 Å². The number of piperidine rings is 1. The molecule has 0 aliphatic carbocycles. The van der Waals surface area contributed by atoms with Gasteiger partial charge in [-0.25, -0.2) is 0 Å². The van der Waals surface area contributed by atoms with Crippen LogP contribution in [-0.2, 0) is 6.42 Å². The van der Waals surface area contributed by atoms with E-state index in [1.54, 1.807) is 18.2 Å². The van der Waals surface area contributed by atoms with Crippen LogP contribution in [0.5, 0.6) is 0 Å². The molecule has 2 N–H and O–H groups in total. The van der Waals surface area contributed by atoms with Gasteiger partial charge in [-0.3, -0.25) is 19.3 Å². The molecule has 6 heteroatoms. The summed E-state index contributed by atoms with van der Waals surface area (Å²) in [5.74, 6) is -0.836. The molecule has 2 aromatic rings. The molecule has 3 amide bonds. The van der Waals surface area contributed by atoms with Gasteiger partial charge in [0.05, 0.1) is 11.1 Å². The summed E-state index contributed by atoms with van der Waals surface area (Å²) in [5, 5.41) is 6.41. The maximum Gasteiger partial charge on any atom is 0.261 e. The molecule has 1 saturated heterocycles. The minimum Gasteiger partial charge on any atom is -0.348 e. The van der Waals surface area contributed by atoms with Crippen molar-refractivity contribution in [3.63, 3.8) is 0 Å². The van der Waals surface area contributed by atoms with Crippen molar-refractivity contribution in [1.82, 2.24) is 15.5 Å². The Bertz CT molecular complexity index is 942. The first-order valence-corrected chi connectivity index (χ1v) is 10.1. The topological polar surface area (TPSA) is 78.5 Å². The summed E-state index contributed by atoms with van der Waals surface area (Å²) in [7, 11) is 0. The number of hydrogen-bond acceptors (Lipinski definition) is 4. The summed E-state index contributed by atoms with van der Waals surface area (Å²) < 4.78 is 0. The largest absolute Gasteiger partial charge is 0.348 e. The summed E-state index contributed by atoms with van der Waals surface area (Å²) in [6, 6.07) is 14.8. The highest BCUT2D eigenvalue weighted by Gasteiger charge is 2.36. The van der Waals surface area contributed by atoms with Gasteiger partial charge < -0.3 is 10.6 Å². The van der Waals surface area contributed by atoms with Crippen molar-refractivity contribution in [2.75, 3.05) is 13.1 Å². The Morgan fingerprint density at radius 3 is 2.62 bits per heavy atom. The second kappa shape index (κ2) is 8.17. The van der Waals surface area contributed by atoms with Gasteiger partial charge in [-0.2, -0.15) is 0 Å². The quantitative estimate of drug-likeness (QED) is 0.767. The second-order valence-corrected chi connectivity index (χ2v) is 7.72. The number of benzene rings is 2. The first kappa shape index (κ1) is 19.3. The summed E-state index contributed by atoms with van der Waals surface area (Å²) >= 11 is 0. The molecule has 0 aromatic heterocycles. The lowest BCUT2D eigenvalue weighted by molar-refractivity contribution is 0.0656. The maximum atomic E-state index is 12.8. The normalized spacial score (nSPS) is 21.2. The van der Waals surface area contributed by atoms with Gasteiger partial charge in [0.2, 0.25) is 0 Å². The summed E-state index contributed by atoms with van der Waals surface area (Å²) in [4.78, 5) is 39.4. The van der Waals surface area contributed by atoms with E-state index < -0.39 is 0 Å². The standard InChI is InChI=1S/C23H25N3O3/c1-15-20(8-5-12-24-15)25-21(27)17-9-10-18-19(14-17)23(29)26(22(18)28)13-11-16-6-3-2-4-7-16/h2-4,6-7,9-10,14-15,20,24H,5,8,11-13H2,1H3,(H,25,27). The zero-order chi connectivity index (χ0) is 20.4. The summed E-state index contributed by atoms with van der Waals surface area (Å²) in [5.41, 5.74) is 2.16. The highest BCUT2D eigenvalue weighted by Crippen LogP contribution is 2.24. The van der Waals surface area contributed by atoms with E-state index in [9.17, 15) is 14.4 Å². The van der Waals surface area contributed by atoms with Gasteiger partial charge in [0.25, 0.3) is 17.7 Å². The summed E-state index contributed by atoms with van der Waals surface area (Å²) in [6.45, 7) is 3.34. The van der Waals surface area contributed by atoms with Gasteiger partial charge in [0.1, 0.15) is 0 Å². The van der Waals surface area contributed by atoms with Crippen molar-refractivity contribution >= 4 is 17.7 Å². The SMILES string of the molecule is CC1NCCCC1NC(=O)c1ccc2c(c1)C(=O)N(CCc1ccccc1)C2=O. The fourth-order valence-electron chi connectivity index (χ4n) is 4.01. The lowest BCUT2D eigenvalue weighted by Gasteiger charge is -2.30. The summed E-state index contributed by atoms with van der Waals surface area (Å²) in [6.07, 6.45) is 2.55. The Morgan fingerprint density at radius 1 is 1.10 bits per heavy atom. The zero-order valence-electron chi connectivity index (χ0n) is 16.5. The van der Waals surface area contributed by atoms with Crippen LogP contribution >= 0.6 is 0 Å². The van der Waals surface area contributed by atoms with E-state index in [4.69, 9.17) is 0 Å². The number of carbonyl (C=O) groups excluding carboxylic acids is 3. The molecule has 150 valence electrons. The predicted octanol–water partition coefficient (Wildman–Crippen LogP) is 2.40. The van der Waals surface area contributed by atoms with E-state index in [0.717, 1.165) is 24.9 Å². The molecule has 1 fully saturated rings. The Balaban J connectivity index is 1.47. The van der Waals surface area contributed by atoms with Crippen LogP contribution in [0.3, 0.4) is 0 Å². The smallest absolute Gasteiger partial charge is 0.261 e. The number of nitrogens with one attached hydrogen (secondary N) is 2. The third-order valence-electron chi connectivity index (χ3n) is 5.78. The molecule has 0 spiro atoms. The molecule has 0 saturated carbocycles. The van der Waals surface area contributed by atoms with E-state index in [1.165, 1.54) is 4.90 Å². The molecule has 0 bridgehead atoms. The maximum absolute atomic E-state index is 12.8. The lowest BCUT2D eigenvalue weighted by Crippen LogP contribution is -2.51. The number of carbonyl (C=O) groups is 3. The minimum atomic E-state index is -0.330. The Kier molecular flexibility index (Phi) is 5.45. The average Bonchev–Trinajstić information content (AvgIpc) is 2.98. The highest BCUT2D eigenvalue weighted by molar-refractivity contribution is 6.22. The van der Waals surface area contributed by atoms with Crippen molar-refractivity contribution < 1.29 is 14.4 Å². The van der Waals surface area contributed by atoms with Crippen molar-refractivity contribution in [3.8, 4) is 0 Å². The predicted molar refractivity (Wildman–Crippen MR) is 110 cm³/mol. The molecule has 29 heavy (non-hydrogen) atoms. The number of fused-ring (bicyclic) bond motifs is 1. The number of hydrogen-bond donors (Lipinski definition) is 2. The van der Waals surface area contributed by atoms with Crippen LogP contribution in [0.2, 0.25) is 0 Å². The number of amides is 3. The third kappa shape index (κ3) is 3.93. The Hall–Kier alpha value is -2.99. The molecule has 2 aliphatic heterocycles. The molecule has 6 nitrogen and oxygen atoms in total. The lowest BCUT2D eigenvalue weighted by atomic mass is 9.99. The fourth-order valence-corrected chi connectivity index (χ4v) is 4.01. The van der Waals surface area contributed by atoms with Crippen LogP contribution < -0.4 is 10.6 Å². The molecular formula is C23H25N3O3. The van der Waals surface area contributed by atoms with Crippen LogP contribution in [0.4, 0.5) is 0 Å². The molecule has 2 heterocycles. The molecule has 2 unspecified atom stereocenters. The molecule has 2 aromatic carbocycles. The van der Waals surface area contributed by atoms with Gasteiger partial charge in [0.15, 0.2) is 0 Å². The Morgan fingerprint density at radius 2 is 1.86 bits per heavy atom. The third-order valence-corrected chi connectivity index (χ3v) is 5.78. The van der Waals surface area contributed by atoms with E-state index in [2.05, 4.69) is 17.6 Å². The van der Waals surface area contributed by atoms with E-state index in [-0.39, 0.29) is 29.8 Å². The van der Waals surface area contributed by atoms with Gasteiger partial charge in [-0.1, -0.05) is 30.3 Å². The minimum absolute atomic E-state index is 0.0595. The van der Waals surface area contributed by atoms with Gasteiger partial charge in [0, 0.05) is 24.2 Å². The van der Waals surface area contributed by atoms with Gasteiger partial charge in [-0.15, -0.1) is 0 Å². The number of nitrogens with zero attached hydrogens (tertiary/aromatic N) is 1. The molecular weight excluding hydrogens is 366 g/mol. The van der Waals surface area contributed by atoms with Crippen LogP contribution in [0.25, 0.3) is 0 Å². The van der Waals surface area contributed by atoms with Crippen LogP contribution in [0, 0.1) is 0 Å². The van der Waals surface area contributed by atoms with Crippen LogP contribution in [0.15, 0.2) is 48.5 Å². The fraction of sp³-hybridized carbons (Fsp3) is 0.348. The number of imide groups is 1. The monoisotopic (exact) mass is 391 g/mol. The van der Waals surface area contributed by atoms with Crippen LogP contribution in [-0.4, -0.2) is 47.8 Å². The molecule has 2 aliphatic rings. The highest BCUT2D eigenvalue weighted by atomic mass is 16.2. The zero-order valence-corrected chi connectivity index (χ0v) is 16.5. The second-order valence-electron chi connectivity index (χ2n) is 7.72. The van der Waals surface area contributed by atoms with Gasteiger partial charge in [-0.05, 0) is 56.5 Å². The average molecular weight is 391 g/mol. The molecule has 4 rings (SSSR count). The van der Waals surface area contributed by atoms with Crippen molar-refractivity contribution in [2.24, 2.45) is 0 Å². The van der Waals surface area contributed by atoms with E-state index in [0.29, 0.717) is 29.7 Å².